The molecule has 0 fully saturated rings. The van der Waals surface area contributed by atoms with Gasteiger partial charge in [0.25, 0.3) is 5.91 Å². The highest BCUT2D eigenvalue weighted by molar-refractivity contribution is 5.95. The fourth-order valence-electron chi connectivity index (χ4n) is 1.98. The van der Waals surface area contributed by atoms with Crippen LogP contribution in [0.15, 0.2) is 48.8 Å². The van der Waals surface area contributed by atoms with Gasteiger partial charge in [-0.3, -0.25) is 9.78 Å². The molecule has 1 aromatic heterocycles. The van der Waals surface area contributed by atoms with Crippen LogP contribution in [0.5, 0.6) is 0 Å². The van der Waals surface area contributed by atoms with E-state index in [0.717, 1.165) is 11.3 Å². The monoisotopic (exact) mass is 269 g/mol. The summed E-state index contributed by atoms with van der Waals surface area (Å²) in [5.74, 6) is -0.0508. The molecule has 1 heterocycles. The van der Waals surface area contributed by atoms with Crippen LogP contribution in [0.2, 0.25) is 0 Å². The minimum absolute atomic E-state index is 0.0508. The highest BCUT2D eigenvalue weighted by Crippen LogP contribution is 2.19. The number of amides is 1. The van der Waals surface area contributed by atoms with Crippen LogP contribution in [0.4, 0.5) is 5.69 Å². The predicted octanol–water partition coefficient (Wildman–Crippen LogP) is 3.00. The lowest BCUT2D eigenvalue weighted by molar-refractivity contribution is 0.0956. The molecule has 2 aromatic rings. The quantitative estimate of drug-likeness (QED) is 0.877. The van der Waals surface area contributed by atoms with Crippen molar-refractivity contribution in [3.8, 4) is 0 Å². The molecule has 4 nitrogen and oxygen atoms in total. The molecule has 2 rings (SSSR count). The zero-order chi connectivity index (χ0) is 14.4. The van der Waals surface area contributed by atoms with Crippen molar-refractivity contribution in [3.05, 3.63) is 59.9 Å². The van der Waals surface area contributed by atoms with Gasteiger partial charge in [0.15, 0.2) is 0 Å². The SMILES string of the molecule is CCNC(=O)c1cccc(NC(C)c2cccnc2)c1. The number of pyridine rings is 1. The number of carbonyl (C=O) groups is 1. The molecule has 0 saturated carbocycles. The van der Waals surface area contributed by atoms with Crippen molar-refractivity contribution in [2.45, 2.75) is 19.9 Å². The van der Waals surface area contributed by atoms with Crippen LogP contribution in [0.1, 0.15) is 35.8 Å². The summed E-state index contributed by atoms with van der Waals surface area (Å²) in [7, 11) is 0. The van der Waals surface area contributed by atoms with Crippen LogP contribution in [0.3, 0.4) is 0 Å². The molecule has 0 aliphatic carbocycles. The van der Waals surface area contributed by atoms with Crippen molar-refractivity contribution in [2.24, 2.45) is 0 Å². The number of nitrogens with one attached hydrogen (secondary N) is 2. The minimum atomic E-state index is -0.0508. The Morgan fingerprint density at radius 1 is 1.30 bits per heavy atom. The molecular weight excluding hydrogens is 250 g/mol. The first-order valence-corrected chi connectivity index (χ1v) is 6.75. The summed E-state index contributed by atoms with van der Waals surface area (Å²) in [6, 6.07) is 11.6. The summed E-state index contributed by atoms with van der Waals surface area (Å²) in [6.45, 7) is 4.60. The molecule has 1 aromatic carbocycles. The van der Waals surface area contributed by atoms with Crippen molar-refractivity contribution >= 4 is 11.6 Å². The number of carbonyl (C=O) groups excluding carboxylic acids is 1. The normalized spacial score (nSPS) is 11.7. The number of aromatic nitrogens is 1. The Kier molecular flexibility index (Phi) is 4.71. The van der Waals surface area contributed by atoms with E-state index < -0.39 is 0 Å². The third kappa shape index (κ3) is 3.57. The third-order valence-electron chi connectivity index (χ3n) is 3.03. The average Bonchev–Trinajstić information content (AvgIpc) is 2.48. The zero-order valence-corrected chi connectivity index (χ0v) is 11.8. The van der Waals surface area contributed by atoms with E-state index in [9.17, 15) is 4.79 Å². The van der Waals surface area contributed by atoms with E-state index in [1.54, 1.807) is 6.20 Å². The highest BCUT2D eigenvalue weighted by Gasteiger charge is 2.08. The van der Waals surface area contributed by atoms with E-state index in [1.807, 2.05) is 49.5 Å². The van der Waals surface area contributed by atoms with Gasteiger partial charge >= 0.3 is 0 Å². The van der Waals surface area contributed by atoms with Gasteiger partial charge in [0.2, 0.25) is 0 Å². The first-order chi connectivity index (χ1) is 9.70. The largest absolute Gasteiger partial charge is 0.378 e. The molecule has 0 saturated heterocycles. The fourth-order valence-corrected chi connectivity index (χ4v) is 1.98. The van der Waals surface area contributed by atoms with Gasteiger partial charge in [-0.15, -0.1) is 0 Å². The van der Waals surface area contributed by atoms with E-state index in [4.69, 9.17) is 0 Å². The van der Waals surface area contributed by atoms with Gasteiger partial charge in [0.1, 0.15) is 0 Å². The average molecular weight is 269 g/mol. The van der Waals surface area contributed by atoms with Crippen LogP contribution in [0.25, 0.3) is 0 Å². The summed E-state index contributed by atoms with van der Waals surface area (Å²) in [4.78, 5) is 15.9. The Balaban J connectivity index is 2.10. The molecular formula is C16H19N3O. The molecule has 1 amide bonds. The molecule has 0 spiro atoms. The van der Waals surface area contributed by atoms with Gasteiger partial charge in [0, 0.05) is 30.2 Å². The van der Waals surface area contributed by atoms with E-state index in [1.165, 1.54) is 0 Å². The maximum Gasteiger partial charge on any atom is 0.251 e. The highest BCUT2D eigenvalue weighted by atomic mass is 16.1. The number of nitrogens with zero attached hydrogens (tertiary/aromatic N) is 1. The van der Waals surface area contributed by atoms with E-state index in [2.05, 4.69) is 22.5 Å². The van der Waals surface area contributed by atoms with Crippen molar-refractivity contribution in [1.29, 1.82) is 0 Å². The second-order valence-corrected chi connectivity index (χ2v) is 4.59. The second-order valence-electron chi connectivity index (χ2n) is 4.59. The summed E-state index contributed by atoms with van der Waals surface area (Å²) in [6.07, 6.45) is 3.59. The number of hydrogen-bond acceptors (Lipinski definition) is 3. The molecule has 1 unspecified atom stereocenters. The molecule has 0 radical (unpaired) electrons. The van der Waals surface area contributed by atoms with Gasteiger partial charge < -0.3 is 10.6 Å². The lowest BCUT2D eigenvalue weighted by Gasteiger charge is -2.15. The molecule has 1 atom stereocenters. The van der Waals surface area contributed by atoms with Crippen molar-refractivity contribution < 1.29 is 4.79 Å². The Bertz CT molecular complexity index is 569. The molecule has 0 bridgehead atoms. The Morgan fingerprint density at radius 3 is 2.85 bits per heavy atom. The van der Waals surface area contributed by atoms with E-state index in [0.29, 0.717) is 12.1 Å². The molecule has 2 N–H and O–H groups in total. The van der Waals surface area contributed by atoms with Crippen molar-refractivity contribution in [3.63, 3.8) is 0 Å². The Hall–Kier alpha value is -2.36. The standard InChI is InChI=1S/C16H19N3O/c1-3-18-16(20)13-6-4-8-15(10-13)19-12(2)14-7-5-9-17-11-14/h4-12,19H,3H2,1-2H3,(H,18,20). The first-order valence-electron chi connectivity index (χ1n) is 6.75. The van der Waals surface area contributed by atoms with Gasteiger partial charge in [-0.05, 0) is 43.7 Å². The maximum absolute atomic E-state index is 11.8. The topological polar surface area (TPSA) is 54.0 Å². The number of rotatable bonds is 5. The maximum atomic E-state index is 11.8. The van der Waals surface area contributed by atoms with Crippen LogP contribution < -0.4 is 10.6 Å². The summed E-state index contributed by atoms with van der Waals surface area (Å²) < 4.78 is 0. The van der Waals surface area contributed by atoms with Crippen molar-refractivity contribution in [1.82, 2.24) is 10.3 Å². The smallest absolute Gasteiger partial charge is 0.251 e. The Labute approximate surface area is 119 Å². The molecule has 4 heteroatoms. The first kappa shape index (κ1) is 14.1. The second kappa shape index (κ2) is 6.70. The van der Waals surface area contributed by atoms with Gasteiger partial charge in [0.05, 0.1) is 6.04 Å². The molecule has 0 aliphatic rings. The lowest BCUT2D eigenvalue weighted by atomic mass is 10.1. The van der Waals surface area contributed by atoms with Gasteiger partial charge in [-0.1, -0.05) is 12.1 Å². The van der Waals surface area contributed by atoms with Gasteiger partial charge in [-0.25, -0.2) is 0 Å². The molecule has 20 heavy (non-hydrogen) atoms. The predicted molar refractivity (Wildman–Crippen MR) is 80.7 cm³/mol. The lowest BCUT2D eigenvalue weighted by Crippen LogP contribution is -2.22. The summed E-state index contributed by atoms with van der Waals surface area (Å²) in [5, 5.41) is 6.17. The van der Waals surface area contributed by atoms with Crippen LogP contribution in [-0.4, -0.2) is 17.4 Å². The Morgan fingerprint density at radius 2 is 2.15 bits per heavy atom. The third-order valence-corrected chi connectivity index (χ3v) is 3.03. The fraction of sp³-hybridized carbons (Fsp3) is 0.250. The minimum Gasteiger partial charge on any atom is -0.378 e. The summed E-state index contributed by atoms with van der Waals surface area (Å²) in [5.41, 5.74) is 2.69. The number of benzene rings is 1. The van der Waals surface area contributed by atoms with E-state index >= 15 is 0 Å². The van der Waals surface area contributed by atoms with E-state index in [-0.39, 0.29) is 11.9 Å². The van der Waals surface area contributed by atoms with Crippen LogP contribution in [0, 0.1) is 0 Å². The molecule has 0 aliphatic heterocycles. The summed E-state index contributed by atoms with van der Waals surface area (Å²) >= 11 is 0. The van der Waals surface area contributed by atoms with Crippen molar-refractivity contribution in [2.75, 3.05) is 11.9 Å². The van der Waals surface area contributed by atoms with Crippen LogP contribution >= 0.6 is 0 Å². The van der Waals surface area contributed by atoms with Crippen LogP contribution in [-0.2, 0) is 0 Å². The number of anilines is 1. The molecule has 104 valence electrons. The van der Waals surface area contributed by atoms with Gasteiger partial charge in [-0.2, -0.15) is 0 Å². The number of hydrogen-bond donors (Lipinski definition) is 2. The zero-order valence-electron chi connectivity index (χ0n) is 11.8.